The zero-order chi connectivity index (χ0) is 8.43. The van der Waals surface area contributed by atoms with Crippen molar-refractivity contribution >= 4 is 33.5 Å². The van der Waals surface area contributed by atoms with E-state index in [9.17, 15) is 8.42 Å². The number of hydrogen-bond donors (Lipinski definition) is 1. The molecule has 7 heteroatoms. The van der Waals surface area contributed by atoms with Crippen molar-refractivity contribution in [3.8, 4) is 0 Å². The number of nitrogens with one attached hydrogen (secondary N) is 1. The third kappa shape index (κ3) is 1.95. The molecule has 0 saturated heterocycles. The van der Waals surface area contributed by atoms with E-state index in [1.165, 1.54) is 0 Å². The van der Waals surface area contributed by atoms with Gasteiger partial charge in [0, 0.05) is 0 Å². The molecule has 1 aromatic rings. The molecule has 0 aliphatic rings. The molecule has 0 atom stereocenters. The first kappa shape index (κ1) is 8.58. The minimum atomic E-state index is -2.41. The fourth-order valence-corrected chi connectivity index (χ4v) is 1.06. The van der Waals surface area contributed by atoms with E-state index in [-0.39, 0.29) is 14.9 Å². The van der Waals surface area contributed by atoms with Crippen LogP contribution in [0.4, 0.5) is 0 Å². The number of aromatic nitrogens is 2. The maximum Gasteiger partial charge on any atom is 0.258 e. The first-order valence-electron chi connectivity index (χ1n) is 2.44. The standard InChI is InChI=1S/C4H2Cl2N2O2S/c5-2-1-7-4(11(9)10)8-3(2)6/h1,8H. The third-order valence-electron chi connectivity index (χ3n) is 0.879. The molecule has 0 aliphatic heterocycles. The highest BCUT2D eigenvalue weighted by atomic mass is 35.5. The third-order valence-corrected chi connectivity index (χ3v) is 2.08. The number of nitrogens with zero attached hydrogens (tertiary/aromatic N) is 1. The highest BCUT2D eigenvalue weighted by Gasteiger charge is 1.95. The van der Waals surface area contributed by atoms with E-state index in [0.29, 0.717) is 0 Å². The summed E-state index contributed by atoms with van der Waals surface area (Å²) in [5, 5.41) is 0.238. The van der Waals surface area contributed by atoms with Crippen LogP contribution in [-0.2, 0) is 10.3 Å². The Labute approximate surface area is 73.3 Å². The lowest BCUT2D eigenvalue weighted by Gasteiger charge is -1.90. The fourth-order valence-electron chi connectivity index (χ4n) is 0.443. The molecule has 1 rings (SSSR count). The Kier molecular flexibility index (Phi) is 2.53. The molecule has 1 aromatic heterocycles. The summed E-state index contributed by atoms with van der Waals surface area (Å²) in [5.41, 5.74) is 0. The van der Waals surface area contributed by atoms with Crippen LogP contribution in [0.1, 0.15) is 0 Å². The lowest BCUT2D eigenvalue weighted by molar-refractivity contribution is 0.623. The second-order valence-corrected chi connectivity index (χ2v) is 3.23. The van der Waals surface area contributed by atoms with E-state index < -0.39 is 10.3 Å². The monoisotopic (exact) mass is 212 g/mol. The summed E-state index contributed by atoms with van der Waals surface area (Å²) in [5.74, 6) is 0. The molecule has 0 aromatic carbocycles. The van der Waals surface area contributed by atoms with E-state index in [2.05, 4.69) is 9.97 Å². The van der Waals surface area contributed by atoms with Crippen molar-refractivity contribution in [2.45, 2.75) is 0 Å². The normalized spacial score (nSPS) is 9.64. The van der Waals surface area contributed by atoms with Gasteiger partial charge in [-0.3, -0.25) is 0 Å². The summed E-state index contributed by atoms with van der Waals surface area (Å²) in [7, 11) is -2.41. The van der Waals surface area contributed by atoms with E-state index in [1.54, 1.807) is 0 Å². The first-order valence-corrected chi connectivity index (χ1v) is 4.27. The van der Waals surface area contributed by atoms with E-state index in [1.807, 2.05) is 0 Å². The van der Waals surface area contributed by atoms with Gasteiger partial charge in [-0.2, -0.15) is 8.42 Å². The number of hydrogen-bond acceptors (Lipinski definition) is 3. The molecule has 0 saturated carbocycles. The van der Waals surface area contributed by atoms with Crippen LogP contribution < -0.4 is 0 Å². The number of aromatic amines is 1. The summed E-state index contributed by atoms with van der Waals surface area (Å²) >= 11 is 10.9. The van der Waals surface area contributed by atoms with Crippen LogP contribution in [-0.4, -0.2) is 18.4 Å². The van der Waals surface area contributed by atoms with Crippen LogP contribution in [0, 0.1) is 4.77 Å². The lowest BCUT2D eigenvalue weighted by atomic mass is 10.7. The Hall–Kier alpha value is -0.520. The minimum Gasteiger partial charge on any atom is -0.316 e. The molecule has 1 N–H and O–H groups in total. The van der Waals surface area contributed by atoms with Gasteiger partial charge in [0.2, 0.25) is 0 Å². The molecule has 0 fully saturated rings. The Morgan fingerprint density at radius 2 is 2.09 bits per heavy atom. The average Bonchev–Trinajstić information content (AvgIpc) is 1.94. The summed E-state index contributed by atoms with van der Waals surface area (Å²) < 4.78 is 20.3. The Morgan fingerprint density at radius 1 is 1.45 bits per heavy atom. The highest BCUT2D eigenvalue weighted by molar-refractivity contribution is 7.63. The minimum absolute atomic E-state index is 0.0564. The smallest absolute Gasteiger partial charge is 0.258 e. The van der Waals surface area contributed by atoms with E-state index in [0.717, 1.165) is 6.20 Å². The van der Waals surface area contributed by atoms with Gasteiger partial charge in [-0.1, -0.05) is 23.2 Å². The molecular weight excluding hydrogens is 211 g/mol. The number of halogens is 2. The zero-order valence-electron chi connectivity index (χ0n) is 5.01. The SMILES string of the molecule is O=S(=O)=c1ncc(Cl)c(Cl)[nH]1. The van der Waals surface area contributed by atoms with Gasteiger partial charge in [0.15, 0.2) is 0 Å². The topological polar surface area (TPSA) is 62.8 Å². The average molecular weight is 213 g/mol. The van der Waals surface area contributed by atoms with Gasteiger partial charge in [0.05, 0.1) is 11.2 Å². The molecule has 0 amide bonds. The molecule has 0 radical (unpaired) electrons. The van der Waals surface area contributed by atoms with E-state index in [4.69, 9.17) is 23.2 Å². The van der Waals surface area contributed by atoms with Crippen molar-refractivity contribution in [2.24, 2.45) is 0 Å². The van der Waals surface area contributed by atoms with Crippen LogP contribution in [0.25, 0.3) is 0 Å². The second kappa shape index (κ2) is 3.25. The van der Waals surface area contributed by atoms with Gasteiger partial charge < -0.3 is 4.98 Å². The van der Waals surface area contributed by atoms with Crippen LogP contribution in [0.15, 0.2) is 6.20 Å². The van der Waals surface area contributed by atoms with E-state index >= 15 is 0 Å². The molecule has 0 bridgehead atoms. The molecule has 0 spiro atoms. The fraction of sp³-hybridized carbons (Fsp3) is 0. The summed E-state index contributed by atoms with van der Waals surface area (Å²) in [6.45, 7) is 0. The molecule has 60 valence electrons. The quantitative estimate of drug-likeness (QED) is 0.518. The van der Waals surface area contributed by atoms with Gasteiger partial charge in [-0.05, 0) is 0 Å². The predicted octanol–water partition coefficient (Wildman–Crippen LogP) is 1.13. The zero-order valence-corrected chi connectivity index (χ0v) is 7.33. The molecule has 4 nitrogen and oxygen atoms in total. The first-order chi connectivity index (χ1) is 5.11. The second-order valence-electron chi connectivity index (χ2n) is 1.58. The molecule has 1 heterocycles. The van der Waals surface area contributed by atoms with Crippen LogP contribution in [0.3, 0.4) is 0 Å². The summed E-state index contributed by atoms with van der Waals surface area (Å²) in [4.78, 5) is 5.74. The van der Waals surface area contributed by atoms with Gasteiger partial charge in [-0.15, -0.1) is 0 Å². The molecular formula is C4H2Cl2N2O2S. The highest BCUT2D eigenvalue weighted by Crippen LogP contribution is 2.15. The van der Waals surface area contributed by atoms with Crippen LogP contribution in [0.2, 0.25) is 10.2 Å². The van der Waals surface area contributed by atoms with Crippen molar-refractivity contribution < 1.29 is 8.42 Å². The van der Waals surface area contributed by atoms with Crippen molar-refractivity contribution in [1.82, 2.24) is 9.97 Å². The van der Waals surface area contributed by atoms with Crippen molar-refractivity contribution in [1.29, 1.82) is 0 Å². The summed E-state index contributed by atoms with van der Waals surface area (Å²) in [6.07, 6.45) is 1.16. The largest absolute Gasteiger partial charge is 0.316 e. The van der Waals surface area contributed by atoms with Crippen molar-refractivity contribution in [2.75, 3.05) is 0 Å². The number of rotatable bonds is 0. The molecule has 0 unspecified atom stereocenters. The van der Waals surface area contributed by atoms with Gasteiger partial charge in [-0.25, -0.2) is 4.98 Å². The molecule has 11 heavy (non-hydrogen) atoms. The number of H-pyrrole nitrogens is 1. The van der Waals surface area contributed by atoms with Crippen molar-refractivity contribution in [3.05, 3.63) is 21.1 Å². The molecule has 0 aliphatic carbocycles. The predicted molar refractivity (Wildman–Crippen MR) is 40.8 cm³/mol. The lowest BCUT2D eigenvalue weighted by Crippen LogP contribution is -1.84. The van der Waals surface area contributed by atoms with Gasteiger partial charge >= 0.3 is 0 Å². The maximum atomic E-state index is 10.3. The van der Waals surface area contributed by atoms with Gasteiger partial charge in [0.25, 0.3) is 15.1 Å². The Morgan fingerprint density at radius 3 is 2.55 bits per heavy atom. The Bertz CT molecular complexity index is 428. The van der Waals surface area contributed by atoms with Crippen molar-refractivity contribution in [3.63, 3.8) is 0 Å². The summed E-state index contributed by atoms with van der Waals surface area (Å²) in [6, 6.07) is 0. The maximum absolute atomic E-state index is 10.3. The van der Waals surface area contributed by atoms with Gasteiger partial charge in [0.1, 0.15) is 5.15 Å². The van der Waals surface area contributed by atoms with Crippen LogP contribution in [0.5, 0.6) is 0 Å². The van der Waals surface area contributed by atoms with Crippen LogP contribution >= 0.6 is 23.2 Å². The Balaban J connectivity index is 3.65.